The zero-order valence-electron chi connectivity index (χ0n) is 9.55. The number of anilines is 1. The Morgan fingerprint density at radius 3 is 3.06 bits per heavy atom. The highest BCUT2D eigenvalue weighted by Gasteiger charge is 2.04. The summed E-state index contributed by atoms with van der Waals surface area (Å²) in [6.07, 6.45) is 5.63. The number of H-pyrrole nitrogens is 1. The number of nitrogens with one attached hydrogen (secondary N) is 2. The minimum atomic E-state index is -0.117. The normalized spacial score (nSPS) is 10.4. The molecule has 7 heteroatoms. The Bertz CT molecular complexity index is 518. The number of aromatic nitrogens is 5. The standard InChI is InChI=1S/C10H14N6O/c1-2-4-16-5-3-11-9(10(16)17)12-6-8-13-7-14-15-8/h3,5,7H,2,4,6H2,1H3,(H,11,12)(H,13,14,15). The minimum absolute atomic E-state index is 0.117. The molecule has 2 aromatic heterocycles. The number of nitrogens with zero attached hydrogens (tertiary/aromatic N) is 4. The van der Waals surface area contributed by atoms with Gasteiger partial charge >= 0.3 is 0 Å². The largest absolute Gasteiger partial charge is 0.358 e. The van der Waals surface area contributed by atoms with Crippen molar-refractivity contribution < 1.29 is 0 Å². The number of aromatic amines is 1. The highest BCUT2D eigenvalue weighted by molar-refractivity contribution is 5.30. The van der Waals surface area contributed by atoms with E-state index in [-0.39, 0.29) is 5.56 Å². The lowest BCUT2D eigenvalue weighted by Crippen LogP contribution is -2.24. The number of hydrogen-bond donors (Lipinski definition) is 2. The Labute approximate surface area is 97.9 Å². The lowest BCUT2D eigenvalue weighted by atomic mass is 10.4. The first-order chi connectivity index (χ1) is 8.31. The van der Waals surface area contributed by atoms with Crippen LogP contribution in [-0.4, -0.2) is 24.7 Å². The van der Waals surface area contributed by atoms with Gasteiger partial charge in [-0.2, -0.15) is 5.10 Å². The van der Waals surface area contributed by atoms with E-state index in [0.717, 1.165) is 6.42 Å². The Kier molecular flexibility index (Phi) is 3.49. The van der Waals surface area contributed by atoms with Gasteiger partial charge in [0.1, 0.15) is 12.2 Å². The predicted octanol–water partition coefficient (Wildman–Crippen LogP) is 0.383. The molecule has 7 nitrogen and oxygen atoms in total. The van der Waals surface area contributed by atoms with Crippen molar-refractivity contribution in [3.05, 3.63) is 34.9 Å². The molecule has 17 heavy (non-hydrogen) atoms. The van der Waals surface area contributed by atoms with Gasteiger partial charge in [-0.1, -0.05) is 6.92 Å². The zero-order chi connectivity index (χ0) is 12.1. The summed E-state index contributed by atoms with van der Waals surface area (Å²) in [5, 5.41) is 9.37. The van der Waals surface area contributed by atoms with Crippen LogP contribution >= 0.6 is 0 Å². The van der Waals surface area contributed by atoms with Crippen molar-refractivity contribution >= 4 is 5.82 Å². The van der Waals surface area contributed by atoms with Gasteiger partial charge in [0.25, 0.3) is 5.56 Å². The monoisotopic (exact) mass is 234 g/mol. The fourth-order valence-corrected chi connectivity index (χ4v) is 1.47. The zero-order valence-corrected chi connectivity index (χ0v) is 9.55. The average Bonchev–Trinajstić information content (AvgIpc) is 2.83. The first-order valence-corrected chi connectivity index (χ1v) is 5.45. The highest BCUT2D eigenvalue weighted by Crippen LogP contribution is 1.96. The summed E-state index contributed by atoms with van der Waals surface area (Å²) in [6.45, 7) is 3.12. The van der Waals surface area contributed by atoms with Crippen LogP contribution in [-0.2, 0) is 13.1 Å². The quantitative estimate of drug-likeness (QED) is 0.781. The third-order valence-electron chi connectivity index (χ3n) is 2.27. The Hall–Kier alpha value is -2.18. The molecule has 0 aliphatic carbocycles. The van der Waals surface area contributed by atoms with E-state index < -0.39 is 0 Å². The molecule has 2 N–H and O–H groups in total. The van der Waals surface area contributed by atoms with E-state index in [4.69, 9.17) is 0 Å². The lowest BCUT2D eigenvalue weighted by Gasteiger charge is -2.06. The van der Waals surface area contributed by atoms with Crippen LogP contribution in [0.15, 0.2) is 23.5 Å². The molecule has 0 spiro atoms. The molecule has 0 bridgehead atoms. The topological polar surface area (TPSA) is 88.5 Å². The molecular formula is C10H14N6O. The van der Waals surface area contributed by atoms with Gasteiger partial charge < -0.3 is 9.88 Å². The summed E-state index contributed by atoms with van der Waals surface area (Å²) in [4.78, 5) is 19.9. The summed E-state index contributed by atoms with van der Waals surface area (Å²) < 4.78 is 1.63. The summed E-state index contributed by atoms with van der Waals surface area (Å²) in [7, 11) is 0. The molecule has 0 fully saturated rings. The number of aryl methyl sites for hydroxylation is 1. The fraction of sp³-hybridized carbons (Fsp3) is 0.400. The molecule has 2 heterocycles. The molecule has 0 radical (unpaired) electrons. The maximum atomic E-state index is 11.9. The molecule has 0 aromatic carbocycles. The van der Waals surface area contributed by atoms with E-state index in [0.29, 0.717) is 24.7 Å². The summed E-state index contributed by atoms with van der Waals surface area (Å²) >= 11 is 0. The summed E-state index contributed by atoms with van der Waals surface area (Å²) in [5.74, 6) is 0.995. The van der Waals surface area contributed by atoms with Crippen LogP contribution in [0.1, 0.15) is 19.2 Å². The predicted molar refractivity (Wildman–Crippen MR) is 62.5 cm³/mol. The van der Waals surface area contributed by atoms with E-state index in [2.05, 4.69) is 25.5 Å². The molecule has 0 atom stereocenters. The molecule has 0 saturated carbocycles. The van der Waals surface area contributed by atoms with Crippen LogP contribution in [0.25, 0.3) is 0 Å². The Morgan fingerprint density at radius 2 is 2.35 bits per heavy atom. The van der Waals surface area contributed by atoms with Crippen LogP contribution < -0.4 is 10.9 Å². The highest BCUT2D eigenvalue weighted by atomic mass is 16.1. The maximum absolute atomic E-state index is 11.9. The van der Waals surface area contributed by atoms with Crippen molar-refractivity contribution in [3.63, 3.8) is 0 Å². The number of rotatable bonds is 5. The SMILES string of the molecule is CCCn1ccnc(NCc2ncn[nH]2)c1=O. The molecule has 90 valence electrons. The van der Waals surface area contributed by atoms with Crippen LogP contribution in [0.4, 0.5) is 5.82 Å². The molecule has 0 unspecified atom stereocenters. The minimum Gasteiger partial charge on any atom is -0.358 e. The molecule has 0 aliphatic heterocycles. The van der Waals surface area contributed by atoms with E-state index in [9.17, 15) is 4.79 Å². The average molecular weight is 234 g/mol. The van der Waals surface area contributed by atoms with Gasteiger partial charge in [-0.3, -0.25) is 9.89 Å². The van der Waals surface area contributed by atoms with Crippen molar-refractivity contribution in [1.29, 1.82) is 0 Å². The fourth-order valence-electron chi connectivity index (χ4n) is 1.47. The second-order valence-electron chi connectivity index (χ2n) is 3.56. The Balaban J connectivity index is 2.10. The molecule has 0 saturated heterocycles. The van der Waals surface area contributed by atoms with Crippen molar-refractivity contribution in [2.24, 2.45) is 0 Å². The van der Waals surface area contributed by atoms with Crippen LogP contribution in [0.5, 0.6) is 0 Å². The summed E-state index contributed by atoms with van der Waals surface area (Å²) in [6, 6.07) is 0. The van der Waals surface area contributed by atoms with E-state index >= 15 is 0 Å². The lowest BCUT2D eigenvalue weighted by molar-refractivity contribution is 0.649. The van der Waals surface area contributed by atoms with Gasteiger partial charge in [-0.25, -0.2) is 9.97 Å². The van der Waals surface area contributed by atoms with Crippen LogP contribution in [0.2, 0.25) is 0 Å². The molecule has 2 aromatic rings. The second-order valence-corrected chi connectivity index (χ2v) is 3.56. The van der Waals surface area contributed by atoms with Crippen molar-refractivity contribution in [2.45, 2.75) is 26.4 Å². The van der Waals surface area contributed by atoms with Crippen molar-refractivity contribution in [2.75, 3.05) is 5.32 Å². The molecule has 0 amide bonds. The second kappa shape index (κ2) is 5.24. The van der Waals surface area contributed by atoms with Gasteiger partial charge in [-0.05, 0) is 6.42 Å². The third kappa shape index (κ3) is 2.68. The van der Waals surface area contributed by atoms with Gasteiger partial charge in [0, 0.05) is 18.9 Å². The van der Waals surface area contributed by atoms with Gasteiger partial charge in [0.2, 0.25) is 0 Å². The van der Waals surface area contributed by atoms with Gasteiger partial charge in [-0.15, -0.1) is 0 Å². The van der Waals surface area contributed by atoms with Crippen LogP contribution in [0, 0.1) is 0 Å². The first-order valence-electron chi connectivity index (χ1n) is 5.45. The van der Waals surface area contributed by atoms with E-state index in [1.807, 2.05) is 6.92 Å². The van der Waals surface area contributed by atoms with Crippen LogP contribution in [0.3, 0.4) is 0 Å². The molecule has 0 aliphatic rings. The van der Waals surface area contributed by atoms with Gasteiger partial charge in [0.15, 0.2) is 5.82 Å². The molecular weight excluding hydrogens is 220 g/mol. The van der Waals surface area contributed by atoms with E-state index in [1.54, 1.807) is 17.0 Å². The molecule has 2 rings (SSSR count). The maximum Gasteiger partial charge on any atom is 0.293 e. The Morgan fingerprint density at radius 1 is 1.47 bits per heavy atom. The third-order valence-corrected chi connectivity index (χ3v) is 2.27. The van der Waals surface area contributed by atoms with E-state index in [1.165, 1.54) is 6.33 Å². The van der Waals surface area contributed by atoms with Crippen molar-refractivity contribution in [1.82, 2.24) is 24.7 Å². The number of hydrogen-bond acceptors (Lipinski definition) is 5. The smallest absolute Gasteiger partial charge is 0.293 e. The van der Waals surface area contributed by atoms with Crippen molar-refractivity contribution in [3.8, 4) is 0 Å². The summed E-state index contributed by atoms with van der Waals surface area (Å²) in [5.41, 5.74) is -0.117. The van der Waals surface area contributed by atoms with Gasteiger partial charge in [0.05, 0.1) is 6.54 Å². The first kappa shape index (κ1) is 11.3.